The van der Waals surface area contributed by atoms with Crippen LogP contribution < -0.4 is 15.0 Å². The third-order valence-corrected chi connectivity index (χ3v) is 6.74. The fourth-order valence-electron chi connectivity index (χ4n) is 3.84. The van der Waals surface area contributed by atoms with Crippen LogP contribution in [0.25, 0.3) is 0 Å². The first-order chi connectivity index (χ1) is 15.0. The highest BCUT2D eigenvalue weighted by Gasteiger charge is 2.23. The molecule has 0 unspecified atom stereocenters. The Morgan fingerprint density at radius 2 is 1.84 bits per heavy atom. The van der Waals surface area contributed by atoms with Crippen LogP contribution in [0.5, 0.6) is 5.75 Å². The van der Waals surface area contributed by atoms with E-state index in [1.54, 1.807) is 19.2 Å². The van der Waals surface area contributed by atoms with Crippen LogP contribution in [0, 0.1) is 12.7 Å². The highest BCUT2D eigenvalue weighted by Crippen LogP contribution is 2.24. The summed E-state index contributed by atoms with van der Waals surface area (Å²) in [5, 5.41) is 4.05. The van der Waals surface area contributed by atoms with E-state index in [-0.39, 0.29) is 17.8 Å². The van der Waals surface area contributed by atoms with Gasteiger partial charge in [-0.1, -0.05) is 12.1 Å². The topological polar surface area (TPSA) is 54.5 Å². The maximum Gasteiger partial charge on any atom is 0.263 e. The van der Waals surface area contributed by atoms with Gasteiger partial charge in [0.25, 0.3) is 5.91 Å². The van der Waals surface area contributed by atoms with Gasteiger partial charge in [0.2, 0.25) is 0 Å². The van der Waals surface area contributed by atoms with Crippen LogP contribution >= 0.6 is 11.3 Å². The predicted molar refractivity (Wildman–Crippen MR) is 122 cm³/mol. The first-order valence-corrected chi connectivity index (χ1v) is 11.2. The zero-order chi connectivity index (χ0) is 21.8. The number of amides is 1. The van der Waals surface area contributed by atoms with Crippen molar-refractivity contribution in [1.29, 1.82) is 0 Å². The Balaban J connectivity index is 1.32. The molecule has 0 spiro atoms. The summed E-state index contributed by atoms with van der Waals surface area (Å²) >= 11 is 1.42. The molecule has 1 aliphatic rings. The maximum atomic E-state index is 13.1. The fraction of sp³-hybridized carbons (Fsp3) is 0.333. The zero-order valence-electron chi connectivity index (χ0n) is 17.7. The molecule has 2 aromatic carbocycles. The zero-order valence-corrected chi connectivity index (χ0v) is 18.5. The van der Waals surface area contributed by atoms with E-state index in [4.69, 9.17) is 4.74 Å². The minimum absolute atomic E-state index is 0.0525. The molecule has 0 saturated carbocycles. The van der Waals surface area contributed by atoms with Crippen LogP contribution in [0.3, 0.4) is 0 Å². The van der Waals surface area contributed by atoms with Crippen molar-refractivity contribution in [2.75, 3.05) is 25.1 Å². The number of thiazole rings is 1. The molecule has 0 radical (unpaired) electrons. The number of methoxy groups -OCH3 is 1. The van der Waals surface area contributed by atoms with E-state index < -0.39 is 0 Å². The highest BCUT2D eigenvalue weighted by molar-refractivity contribution is 7.13. The Morgan fingerprint density at radius 1 is 1.16 bits per heavy atom. The summed E-state index contributed by atoms with van der Waals surface area (Å²) in [6.45, 7) is 3.66. The van der Waals surface area contributed by atoms with E-state index in [1.165, 1.54) is 29.2 Å². The summed E-state index contributed by atoms with van der Waals surface area (Å²) in [6.07, 6.45) is 2.40. The van der Waals surface area contributed by atoms with Crippen LogP contribution in [-0.4, -0.2) is 37.1 Å². The Bertz CT molecular complexity index is 1030. The summed E-state index contributed by atoms with van der Waals surface area (Å²) in [4.78, 5) is 20.4. The fourth-order valence-corrected chi connectivity index (χ4v) is 4.84. The maximum absolute atomic E-state index is 13.1. The average Bonchev–Trinajstić information content (AvgIpc) is 3.16. The van der Waals surface area contributed by atoms with E-state index in [9.17, 15) is 9.18 Å². The van der Waals surface area contributed by atoms with E-state index in [0.29, 0.717) is 11.3 Å². The molecule has 0 aliphatic carbocycles. The Morgan fingerprint density at radius 3 is 2.48 bits per heavy atom. The lowest BCUT2D eigenvalue weighted by Gasteiger charge is -2.34. The molecule has 1 aliphatic heterocycles. The van der Waals surface area contributed by atoms with Crippen molar-refractivity contribution in [2.24, 2.45) is 0 Å². The molecule has 0 bridgehead atoms. The van der Waals surface area contributed by atoms with Gasteiger partial charge in [0.05, 0.1) is 17.8 Å². The summed E-state index contributed by atoms with van der Waals surface area (Å²) in [7, 11) is 1.67. The summed E-state index contributed by atoms with van der Waals surface area (Å²) in [6, 6.07) is 14.6. The third-order valence-electron chi connectivity index (χ3n) is 5.58. The molecule has 4 rings (SSSR count). The van der Waals surface area contributed by atoms with Crippen LogP contribution in [0.4, 0.5) is 10.1 Å². The molecule has 1 amide bonds. The number of ether oxygens (including phenoxy) is 1. The Labute approximate surface area is 185 Å². The molecular formula is C24H26FN3O2S. The monoisotopic (exact) mass is 439 g/mol. The Kier molecular flexibility index (Phi) is 6.51. The molecule has 1 saturated heterocycles. The lowest BCUT2D eigenvalue weighted by Crippen LogP contribution is -2.44. The van der Waals surface area contributed by atoms with Gasteiger partial charge in [-0.25, -0.2) is 9.37 Å². The molecule has 31 heavy (non-hydrogen) atoms. The first-order valence-electron chi connectivity index (χ1n) is 10.4. The van der Waals surface area contributed by atoms with Gasteiger partial charge in [0.15, 0.2) is 0 Å². The number of benzene rings is 2. The Hall–Kier alpha value is -2.93. The van der Waals surface area contributed by atoms with Gasteiger partial charge in [-0.2, -0.15) is 0 Å². The van der Waals surface area contributed by atoms with Crippen molar-refractivity contribution in [3.8, 4) is 5.75 Å². The quantitative estimate of drug-likeness (QED) is 0.610. The van der Waals surface area contributed by atoms with Crippen molar-refractivity contribution in [3.05, 3.63) is 75.5 Å². The second kappa shape index (κ2) is 9.47. The van der Waals surface area contributed by atoms with Gasteiger partial charge in [0.1, 0.15) is 16.4 Å². The van der Waals surface area contributed by atoms with E-state index in [0.717, 1.165) is 47.9 Å². The van der Waals surface area contributed by atoms with Crippen LogP contribution in [0.15, 0.2) is 48.5 Å². The van der Waals surface area contributed by atoms with E-state index in [2.05, 4.69) is 27.3 Å². The lowest BCUT2D eigenvalue weighted by atomic mass is 10.0. The van der Waals surface area contributed by atoms with Gasteiger partial charge < -0.3 is 15.0 Å². The van der Waals surface area contributed by atoms with Gasteiger partial charge in [-0.3, -0.25) is 4.79 Å². The van der Waals surface area contributed by atoms with E-state index >= 15 is 0 Å². The number of carbonyl (C=O) groups excluding carboxylic acids is 1. The molecule has 3 aromatic rings. The van der Waals surface area contributed by atoms with Crippen LogP contribution in [0.1, 0.15) is 38.8 Å². The van der Waals surface area contributed by atoms with Gasteiger partial charge in [0, 0.05) is 31.2 Å². The highest BCUT2D eigenvalue weighted by atomic mass is 32.1. The number of piperidine rings is 1. The summed E-state index contributed by atoms with van der Waals surface area (Å²) < 4.78 is 18.3. The number of aromatic nitrogens is 1. The number of nitrogens with zero attached hydrogens (tertiary/aromatic N) is 2. The smallest absolute Gasteiger partial charge is 0.263 e. The molecule has 0 atom stereocenters. The summed E-state index contributed by atoms with van der Waals surface area (Å²) in [5.41, 5.74) is 2.90. The molecule has 2 heterocycles. The molecule has 7 heteroatoms. The van der Waals surface area contributed by atoms with Gasteiger partial charge in [-0.15, -0.1) is 11.3 Å². The van der Waals surface area contributed by atoms with Crippen LogP contribution in [-0.2, 0) is 6.42 Å². The van der Waals surface area contributed by atoms with Crippen molar-refractivity contribution >= 4 is 22.9 Å². The standard InChI is InChI=1S/C24H26FN3O2S/c1-16-23(31-22(26-16)15-17-3-5-18(25)6-4-17)24(29)27-19-11-13-28(14-12-19)20-7-9-21(30-2)10-8-20/h3-10,19H,11-15H2,1-2H3,(H,27,29). The second-order valence-electron chi connectivity index (χ2n) is 7.76. The first kappa shape index (κ1) is 21.3. The number of anilines is 1. The van der Waals surface area contributed by atoms with Crippen molar-refractivity contribution in [3.63, 3.8) is 0 Å². The number of rotatable bonds is 6. The predicted octanol–water partition coefficient (Wildman–Crippen LogP) is 4.59. The van der Waals surface area contributed by atoms with Gasteiger partial charge >= 0.3 is 0 Å². The van der Waals surface area contributed by atoms with Crippen LogP contribution in [0.2, 0.25) is 0 Å². The van der Waals surface area contributed by atoms with Crippen molar-refractivity contribution < 1.29 is 13.9 Å². The minimum atomic E-state index is -0.253. The SMILES string of the molecule is COc1ccc(N2CCC(NC(=O)c3sc(Cc4ccc(F)cc4)nc3C)CC2)cc1. The molecule has 1 N–H and O–H groups in total. The molecule has 1 fully saturated rings. The lowest BCUT2D eigenvalue weighted by molar-refractivity contribution is 0.0934. The number of hydrogen-bond acceptors (Lipinski definition) is 5. The van der Waals surface area contributed by atoms with Crippen molar-refractivity contribution in [1.82, 2.24) is 10.3 Å². The number of nitrogens with one attached hydrogen (secondary N) is 1. The largest absolute Gasteiger partial charge is 0.497 e. The normalized spacial score (nSPS) is 14.5. The van der Waals surface area contributed by atoms with Gasteiger partial charge in [-0.05, 0) is 61.7 Å². The number of carbonyl (C=O) groups is 1. The molecule has 162 valence electrons. The molecular weight excluding hydrogens is 413 g/mol. The van der Waals surface area contributed by atoms with E-state index in [1.807, 2.05) is 19.1 Å². The minimum Gasteiger partial charge on any atom is -0.497 e. The average molecular weight is 440 g/mol. The number of aryl methyl sites for hydroxylation is 1. The molecule has 1 aromatic heterocycles. The number of halogens is 1. The molecule has 5 nitrogen and oxygen atoms in total. The second-order valence-corrected chi connectivity index (χ2v) is 8.84. The third kappa shape index (κ3) is 5.22. The summed E-state index contributed by atoms with van der Waals surface area (Å²) in [5.74, 6) is 0.546. The number of hydrogen-bond donors (Lipinski definition) is 1. The van der Waals surface area contributed by atoms with Crippen molar-refractivity contribution in [2.45, 2.75) is 32.2 Å².